The van der Waals surface area contributed by atoms with E-state index in [1.165, 1.54) is 0 Å². The zero-order valence-corrected chi connectivity index (χ0v) is 9.92. The highest BCUT2D eigenvalue weighted by Crippen LogP contribution is 2.96. The van der Waals surface area contributed by atoms with Crippen LogP contribution in [0.5, 0.6) is 0 Å². The molecule has 7 atom stereocenters. The number of rotatable bonds is 1. The highest BCUT2D eigenvalue weighted by atomic mass is 35.5. The Hall–Kier alpha value is -0.0200. The molecule has 0 spiro atoms. The summed E-state index contributed by atoms with van der Waals surface area (Å²) in [5.74, 6) is 0.947. The third kappa shape index (κ3) is 0.447. The van der Waals surface area contributed by atoms with Gasteiger partial charge in [0.2, 0.25) is 0 Å². The molecule has 4 aliphatic carbocycles. The SMILES string of the molecule is CC1(C)C2C3C(Cl)C4(Cl)C1C2C34[N+](=O)[O-]. The summed E-state index contributed by atoms with van der Waals surface area (Å²) in [6.45, 7) is 4.35. The average molecular weight is 248 g/mol. The van der Waals surface area contributed by atoms with Gasteiger partial charge in [0.1, 0.15) is 4.87 Å². The average Bonchev–Trinajstić information content (AvgIpc) is 2.07. The largest absolute Gasteiger partial charge is 0.264 e. The molecule has 15 heavy (non-hydrogen) atoms. The van der Waals surface area contributed by atoms with Gasteiger partial charge in [0.25, 0.3) is 5.54 Å². The normalized spacial score (nSPS) is 70.3. The topological polar surface area (TPSA) is 43.1 Å². The predicted molar refractivity (Wildman–Crippen MR) is 55.7 cm³/mol. The summed E-state index contributed by atoms with van der Waals surface area (Å²) in [6, 6.07) is 0. The third-order valence-electron chi connectivity index (χ3n) is 5.90. The van der Waals surface area contributed by atoms with E-state index in [0.29, 0.717) is 5.92 Å². The van der Waals surface area contributed by atoms with E-state index >= 15 is 0 Å². The van der Waals surface area contributed by atoms with Gasteiger partial charge in [0, 0.05) is 16.8 Å². The minimum absolute atomic E-state index is 0.0247. The van der Waals surface area contributed by atoms with Crippen LogP contribution in [0.15, 0.2) is 0 Å². The summed E-state index contributed by atoms with van der Waals surface area (Å²) >= 11 is 12.7. The number of hydrogen-bond acceptors (Lipinski definition) is 2. The zero-order chi connectivity index (χ0) is 11.0. The van der Waals surface area contributed by atoms with Gasteiger partial charge in [-0.2, -0.15) is 0 Å². The van der Waals surface area contributed by atoms with Gasteiger partial charge in [-0.3, -0.25) is 10.1 Å². The van der Waals surface area contributed by atoms with Crippen molar-refractivity contribution in [2.24, 2.45) is 29.1 Å². The van der Waals surface area contributed by atoms with Gasteiger partial charge in [0.15, 0.2) is 0 Å². The fourth-order valence-electron chi connectivity index (χ4n) is 5.63. The van der Waals surface area contributed by atoms with Crippen LogP contribution in [-0.4, -0.2) is 20.7 Å². The van der Waals surface area contributed by atoms with Crippen molar-refractivity contribution >= 4 is 23.2 Å². The Balaban J connectivity index is 1.88. The smallest absolute Gasteiger partial charge is 0.250 e. The molecule has 82 valence electrons. The van der Waals surface area contributed by atoms with Crippen LogP contribution in [0.1, 0.15) is 13.8 Å². The molecule has 0 aromatic carbocycles. The van der Waals surface area contributed by atoms with Crippen LogP contribution in [0.3, 0.4) is 0 Å². The first-order valence-corrected chi connectivity index (χ1v) is 6.13. The van der Waals surface area contributed by atoms with E-state index in [4.69, 9.17) is 23.2 Å². The van der Waals surface area contributed by atoms with Crippen molar-refractivity contribution in [2.45, 2.75) is 29.6 Å². The number of nitro groups is 1. The molecular formula is C10H11Cl2NO2. The van der Waals surface area contributed by atoms with Crippen molar-refractivity contribution in [1.29, 1.82) is 0 Å². The van der Waals surface area contributed by atoms with Gasteiger partial charge in [-0.05, 0) is 11.3 Å². The van der Waals surface area contributed by atoms with E-state index < -0.39 is 10.4 Å². The second-order valence-corrected chi connectivity index (χ2v) is 7.22. The van der Waals surface area contributed by atoms with Crippen LogP contribution in [0, 0.1) is 39.2 Å². The van der Waals surface area contributed by atoms with Crippen molar-refractivity contribution in [1.82, 2.24) is 0 Å². The first-order valence-electron chi connectivity index (χ1n) is 5.31. The molecule has 0 heterocycles. The van der Waals surface area contributed by atoms with Crippen LogP contribution < -0.4 is 0 Å². The predicted octanol–water partition coefficient (Wildman–Crippen LogP) is 2.13. The Morgan fingerprint density at radius 2 is 1.87 bits per heavy atom. The lowest BCUT2D eigenvalue weighted by molar-refractivity contribution is -0.716. The highest BCUT2D eigenvalue weighted by Gasteiger charge is 3.09. The molecule has 4 aliphatic rings. The number of halogens is 2. The van der Waals surface area contributed by atoms with E-state index in [2.05, 4.69) is 13.8 Å². The minimum Gasteiger partial charge on any atom is -0.264 e. The van der Waals surface area contributed by atoms with E-state index in [-0.39, 0.29) is 33.5 Å². The lowest BCUT2D eigenvalue weighted by atomic mass is 9.10. The highest BCUT2D eigenvalue weighted by molar-refractivity contribution is 6.37. The Labute approximate surface area is 97.3 Å². The minimum atomic E-state index is -0.841. The number of hydrogen-bond donors (Lipinski definition) is 0. The molecule has 0 amide bonds. The van der Waals surface area contributed by atoms with Crippen LogP contribution in [-0.2, 0) is 0 Å². The molecule has 3 nitrogen and oxygen atoms in total. The Kier molecular flexibility index (Phi) is 1.10. The summed E-state index contributed by atoms with van der Waals surface area (Å²) < 4.78 is 0. The fourth-order valence-corrected chi connectivity index (χ4v) is 7.16. The number of nitrogens with zero attached hydrogens (tertiary/aromatic N) is 1. The summed E-state index contributed by atoms with van der Waals surface area (Å²) in [4.78, 5) is 10.3. The first kappa shape index (κ1) is 9.06. The van der Waals surface area contributed by atoms with Gasteiger partial charge in [0.05, 0.1) is 11.3 Å². The molecule has 4 saturated carbocycles. The maximum Gasteiger partial charge on any atom is 0.250 e. The van der Waals surface area contributed by atoms with Crippen LogP contribution >= 0.6 is 23.2 Å². The fraction of sp³-hybridized carbons (Fsp3) is 1.00. The molecule has 0 aromatic rings. The van der Waals surface area contributed by atoms with E-state index in [1.54, 1.807) is 0 Å². The quantitative estimate of drug-likeness (QED) is 0.405. The molecule has 0 N–H and O–H groups in total. The van der Waals surface area contributed by atoms with E-state index in [9.17, 15) is 10.1 Å². The van der Waals surface area contributed by atoms with Crippen molar-refractivity contribution in [3.8, 4) is 0 Å². The molecule has 0 saturated heterocycles. The Morgan fingerprint density at radius 3 is 2.33 bits per heavy atom. The first-order chi connectivity index (χ1) is 6.84. The van der Waals surface area contributed by atoms with E-state index in [1.807, 2.05) is 0 Å². The summed E-state index contributed by atoms with van der Waals surface area (Å²) in [5, 5.41) is 11.0. The molecule has 0 aliphatic heterocycles. The molecule has 0 aromatic heterocycles. The van der Waals surface area contributed by atoms with Crippen LogP contribution in [0.25, 0.3) is 0 Å². The molecule has 0 radical (unpaired) electrons. The van der Waals surface area contributed by atoms with Gasteiger partial charge < -0.3 is 0 Å². The van der Waals surface area contributed by atoms with Crippen molar-refractivity contribution in [2.75, 3.05) is 0 Å². The third-order valence-corrected chi connectivity index (χ3v) is 7.40. The second kappa shape index (κ2) is 1.82. The Bertz CT molecular complexity index is 426. The zero-order valence-electron chi connectivity index (χ0n) is 8.41. The van der Waals surface area contributed by atoms with Crippen molar-refractivity contribution in [3.05, 3.63) is 10.1 Å². The van der Waals surface area contributed by atoms with E-state index in [0.717, 1.165) is 0 Å². The Morgan fingerprint density at radius 1 is 1.27 bits per heavy atom. The monoisotopic (exact) mass is 247 g/mol. The van der Waals surface area contributed by atoms with Gasteiger partial charge in [-0.1, -0.05) is 13.8 Å². The maximum atomic E-state index is 11.2. The molecule has 4 fully saturated rings. The second-order valence-electron chi connectivity index (χ2n) is 6.13. The number of alkyl halides is 2. The lowest BCUT2D eigenvalue weighted by Crippen LogP contribution is -3.08. The molecule has 4 rings (SSSR count). The molecule has 5 heteroatoms. The standard InChI is InChI=1S/C10H11Cl2NO2/c1-8(2)3-4-6(8)9(12)7(11)5(3)10(4,9)13(14)15/h3-7H,1-2H3. The molecule has 0 bridgehead atoms. The van der Waals surface area contributed by atoms with Crippen molar-refractivity contribution < 1.29 is 4.92 Å². The lowest BCUT2D eigenvalue weighted by Gasteiger charge is -2.94. The van der Waals surface area contributed by atoms with Crippen LogP contribution in [0.4, 0.5) is 0 Å². The summed E-state index contributed by atoms with van der Waals surface area (Å²) in [6.07, 6.45) is 0. The van der Waals surface area contributed by atoms with Gasteiger partial charge >= 0.3 is 0 Å². The van der Waals surface area contributed by atoms with Gasteiger partial charge in [-0.15, -0.1) is 23.2 Å². The maximum absolute atomic E-state index is 11.2. The summed E-state index contributed by atoms with van der Waals surface area (Å²) in [5.41, 5.74) is -0.675. The molecule has 7 unspecified atom stereocenters. The number of fused-ring (bicyclic) bond motifs is 2. The van der Waals surface area contributed by atoms with Crippen LogP contribution in [0.2, 0.25) is 0 Å². The van der Waals surface area contributed by atoms with Crippen molar-refractivity contribution in [3.63, 3.8) is 0 Å². The van der Waals surface area contributed by atoms with Gasteiger partial charge in [-0.25, -0.2) is 0 Å². The summed E-state index contributed by atoms with van der Waals surface area (Å²) in [7, 11) is 0. The molecular weight excluding hydrogens is 237 g/mol.